The Morgan fingerprint density at radius 3 is 2.69 bits per heavy atom. The first-order chi connectivity index (χ1) is 12.9. The van der Waals surface area contributed by atoms with Crippen molar-refractivity contribution >= 4 is 5.69 Å². The van der Waals surface area contributed by atoms with Gasteiger partial charge in [0.15, 0.2) is 0 Å². The SMILES string of the molecule is c1ccc(N2CCN(CN3CCC[C@H]4Cc5[nH]ncc5C[C@@H]43)CC2)cc1. The van der Waals surface area contributed by atoms with Crippen molar-refractivity contribution in [3.05, 3.63) is 47.8 Å². The number of nitrogens with one attached hydrogen (secondary N) is 1. The van der Waals surface area contributed by atoms with Crippen molar-refractivity contribution in [3.63, 3.8) is 0 Å². The first-order valence-corrected chi connectivity index (χ1v) is 10.1. The maximum atomic E-state index is 4.28. The largest absolute Gasteiger partial charge is 0.369 e. The second-order valence-electron chi connectivity index (χ2n) is 8.15. The molecule has 1 aliphatic carbocycles. The molecule has 5 heteroatoms. The second kappa shape index (κ2) is 7.05. The van der Waals surface area contributed by atoms with Crippen LogP contribution in [0.3, 0.4) is 0 Å². The third kappa shape index (κ3) is 3.14. The molecule has 0 amide bonds. The number of nitrogens with zero attached hydrogens (tertiary/aromatic N) is 4. The first-order valence-electron chi connectivity index (χ1n) is 10.1. The zero-order valence-corrected chi connectivity index (χ0v) is 15.5. The lowest BCUT2D eigenvalue weighted by Gasteiger charge is -2.46. The number of H-pyrrole nitrogens is 1. The molecular formula is C21H29N5. The Hall–Kier alpha value is -1.85. The van der Waals surface area contributed by atoms with Crippen LogP contribution in [-0.4, -0.2) is 65.4 Å². The van der Waals surface area contributed by atoms with Gasteiger partial charge in [0.1, 0.15) is 0 Å². The number of benzene rings is 1. The summed E-state index contributed by atoms with van der Waals surface area (Å²) in [6, 6.07) is 11.6. The van der Waals surface area contributed by atoms with Crippen LogP contribution in [0.25, 0.3) is 0 Å². The van der Waals surface area contributed by atoms with Crippen LogP contribution in [0.5, 0.6) is 0 Å². The van der Waals surface area contributed by atoms with Gasteiger partial charge in [-0.2, -0.15) is 5.10 Å². The number of piperazine rings is 1. The van der Waals surface area contributed by atoms with E-state index in [0.717, 1.165) is 25.7 Å². The van der Waals surface area contributed by atoms with Crippen LogP contribution in [0.2, 0.25) is 0 Å². The Labute approximate surface area is 156 Å². The van der Waals surface area contributed by atoms with Gasteiger partial charge in [-0.3, -0.25) is 14.9 Å². The molecule has 138 valence electrons. The van der Waals surface area contributed by atoms with Gasteiger partial charge >= 0.3 is 0 Å². The highest BCUT2D eigenvalue weighted by Crippen LogP contribution is 2.34. The van der Waals surface area contributed by atoms with Gasteiger partial charge in [-0.15, -0.1) is 0 Å². The van der Waals surface area contributed by atoms with Crippen molar-refractivity contribution in [1.29, 1.82) is 0 Å². The molecule has 5 nitrogen and oxygen atoms in total. The summed E-state index contributed by atoms with van der Waals surface area (Å²) in [7, 11) is 0. The van der Waals surface area contributed by atoms with Crippen molar-refractivity contribution in [3.8, 4) is 0 Å². The molecule has 0 saturated carbocycles. The molecule has 0 radical (unpaired) electrons. The number of para-hydroxylation sites is 1. The van der Waals surface area contributed by atoms with Crippen LogP contribution < -0.4 is 4.90 Å². The molecule has 2 aliphatic heterocycles. The molecule has 2 atom stereocenters. The monoisotopic (exact) mass is 351 g/mol. The van der Waals surface area contributed by atoms with Gasteiger partial charge in [0.25, 0.3) is 0 Å². The molecule has 2 aromatic rings. The quantitative estimate of drug-likeness (QED) is 0.921. The summed E-state index contributed by atoms with van der Waals surface area (Å²) in [6.45, 7) is 7.00. The Bertz CT molecular complexity index is 719. The van der Waals surface area contributed by atoms with E-state index in [1.54, 1.807) is 0 Å². The number of rotatable bonds is 3. The number of hydrogen-bond donors (Lipinski definition) is 1. The average Bonchev–Trinajstić information content (AvgIpc) is 3.15. The van der Waals surface area contributed by atoms with E-state index in [4.69, 9.17) is 0 Å². The van der Waals surface area contributed by atoms with E-state index in [2.05, 4.69) is 61.4 Å². The van der Waals surface area contributed by atoms with Crippen molar-refractivity contribution in [1.82, 2.24) is 20.0 Å². The summed E-state index contributed by atoms with van der Waals surface area (Å²) >= 11 is 0. The predicted molar refractivity (Wildman–Crippen MR) is 104 cm³/mol. The summed E-state index contributed by atoms with van der Waals surface area (Å²) in [5.41, 5.74) is 4.21. The zero-order valence-electron chi connectivity index (χ0n) is 15.5. The minimum atomic E-state index is 0.709. The summed E-state index contributed by atoms with van der Waals surface area (Å²) in [5, 5.41) is 7.50. The number of aromatic amines is 1. The van der Waals surface area contributed by atoms with E-state index < -0.39 is 0 Å². The van der Waals surface area contributed by atoms with Gasteiger partial charge in [0, 0.05) is 43.6 Å². The molecule has 2 fully saturated rings. The lowest BCUT2D eigenvalue weighted by Crippen LogP contribution is -2.56. The topological polar surface area (TPSA) is 38.4 Å². The molecule has 1 N–H and O–H groups in total. The van der Waals surface area contributed by atoms with Crippen LogP contribution in [0.4, 0.5) is 5.69 Å². The van der Waals surface area contributed by atoms with Gasteiger partial charge < -0.3 is 4.90 Å². The maximum Gasteiger partial charge on any atom is 0.0522 e. The van der Waals surface area contributed by atoms with Crippen LogP contribution in [0.15, 0.2) is 36.5 Å². The summed E-state index contributed by atoms with van der Waals surface area (Å²) in [6.07, 6.45) is 7.14. The van der Waals surface area contributed by atoms with Crippen molar-refractivity contribution < 1.29 is 0 Å². The molecule has 1 aromatic heterocycles. The lowest BCUT2D eigenvalue weighted by molar-refractivity contribution is 0.0281. The predicted octanol–water partition coefficient (Wildman–Crippen LogP) is 2.37. The van der Waals surface area contributed by atoms with E-state index in [-0.39, 0.29) is 0 Å². The Morgan fingerprint density at radius 1 is 1.00 bits per heavy atom. The van der Waals surface area contributed by atoms with Gasteiger partial charge in [-0.1, -0.05) is 18.2 Å². The third-order valence-electron chi connectivity index (χ3n) is 6.61. The number of likely N-dealkylation sites (tertiary alicyclic amines) is 1. The number of hydrogen-bond acceptors (Lipinski definition) is 4. The van der Waals surface area contributed by atoms with E-state index in [0.29, 0.717) is 6.04 Å². The molecule has 0 spiro atoms. The summed E-state index contributed by atoms with van der Waals surface area (Å²) in [4.78, 5) is 7.95. The van der Waals surface area contributed by atoms with Crippen LogP contribution >= 0.6 is 0 Å². The normalized spacial score (nSPS) is 27.2. The van der Waals surface area contributed by atoms with E-state index >= 15 is 0 Å². The van der Waals surface area contributed by atoms with E-state index in [1.807, 2.05) is 0 Å². The fourth-order valence-corrected chi connectivity index (χ4v) is 5.14. The van der Waals surface area contributed by atoms with Crippen molar-refractivity contribution in [2.75, 3.05) is 44.3 Å². The van der Waals surface area contributed by atoms with Gasteiger partial charge in [0.2, 0.25) is 0 Å². The molecule has 26 heavy (non-hydrogen) atoms. The summed E-state index contributed by atoms with van der Waals surface area (Å²) in [5.74, 6) is 0.808. The minimum absolute atomic E-state index is 0.709. The molecule has 3 aliphatic rings. The van der Waals surface area contributed by atoms with E-state index in [9.17, 15) is 0 Å². The molecule has 0 unspecified atom stereocenters. The number of piperidine rings is 1. The third-order valence-corrected chi connectivity index (χ3v) is 6.61. The molecule has 1 aromatic carbocycles. The zero-order chi connectivity index (χ0) is 17.3. The molecule has 0 bridgehead atoms. The smallest absolute Gasteiger partial charge is 0.0522 e. The molecule has 5 rings (SSSR count). The fourth-order valence-electron chi connectivity index (χ4n) is 5.14. The molecule has 3 heterocycles. The van der Waals surface area contributed by atoms with Crippen molar-refractivity contribution in [2.24, 2.45) is 5.92 Å². The fraction of sp³-hybridized carbons (Fsp3) is 0.571. The van der Waals surface area contributed by atoms with Gasteiger partial charge in [0.05, 0.1) is 12.9 Å². The Kier molecular flexibility index (Phi) is 4.43. The minimum Gasteiger partial charge on any atom is -0.369 e. The highest BCUT2D eigenvalue weighted by molar-refractivity contribution is 5.46. The van der Waals surface area contributed by atoms with Gasteiger partial charge in [-0.25, -0.2) is 0 Å². The lowest BCUT2D eigenvalue weighted by atomic mass is 9.78. The average molecular weight is 351 g/mol. The molecule has 2 saturated heterocycles. The highest BCUT2D eigenvalue weighted by atomic mass is 15.4. The summed E-state index contributed by atoms with van der Waals surface area (Å²) < 4.78 is 0. The maximum absolute atomic E-state index is 4.28. The number of anilines is 1. The molecular weight excluding hydrogens is 322 g/mol. The second-order valence-corrected chi connectivity index (χ2v) is 8.15. The van der Waals surface area contributed by atoms with Gasteiger partial charge in [-0.05, 0) is 55.8 Å². The van der Waals surface area contributed by atoms with Crippen LogP contribution in [0.1, 0.15) is 24.1 Å². The number of fused-ring (bicyclic) bond motifs is 2. The highest BCUT2D eigenvalue weighted by Gasteiger charge is 2.37. The van der Waals surface area contributed by atoms with E-state index in [1.165, 1.54) is 62.3 Å². The van der Waals surface area contributed by atoms with Crippen LogP contribution in [0, 0.1) is 5.92 Å². The first kappa shape index (κ1) is 16.3. The van der Waals surface area contributed by atoms with Crippen molar-refractivity contribution in [2.45, 2.75) is 31.7 Å². The Balaban J connectivity index is 1.20. The number of aromatic nitrogens is 2. The standard InChI is InChI=1S/C21H29N5/c1-2-6-19(7-3-1)25-11-9-24(10-12-25)16-26-8-4-5-17-13-20-18(14-21(17)26)15-22-23-20/h1-3,6-7,15,17,21H,4-5,8-14,16H2,(H,22,23)/t17-,21-/m0/s1. The Morgan fingerprint density at radius 2 is 1.85 bits per heavy atom. The van der Waals surface area contributed by atoms with Crippen LogP contribution in [-0.2, 0) is 12.8 Å².